The molecule has 2 fully saturated rings. The summed E-state index contributed by atoms with van der Waals surface area (Å²) in [5.74, 6) is 0.193. The molecule has 4 rings (SSSR count). The Morgan fingerprint density at radius 1 is 1.48 bits per heavy atom. The molecule has 0 aliphatic carbocycles. The normalized spacial score (nSPS) is 34.4. The van der Waals surface area contributed by atoms with E-state index < -0.39 is 32.4 Å². The van der Waals surface area contributed by atoms with Crippen molar-refractivity contribution in [3.05, 3.63) is 6.33 Å². The van der Waals surface area contributed by atoms with Gasteiger partial charge in [-0.3, -0.25) is 0 Å². The van der Waals surface area contributed by atoms with E-state index in [0.29, 0.717) is 11.2 Å². The van der Waals surface area contributed by atoms with Crippen LogP contribution in [0.2, 0.25) is 0 Å². The van der Waals surface area contributed by atoms with Gasteiger partial charge in [-0.25, -0.2) is 0 Å². The Morgan fingerprint density at radius 3 is 3.04 bits per heavy atom. The van der Waals surface area contributed by atoms with E-state index in [1.54, 1.807) is 4.57 Å². The van der Waals surface area contributed by atoms with Crippen molar-refractivity contribution in [2.45, 2.75) is 29.7 Å². The van der Waals surface area contributed by atoms with E-state index in [1.165, 1.54) is 13.9 Å². The van der Waals surface area contributed by atoms with Crippen LogP contribution in [-0.4, -0.2) is 62.0 Å². The van der Waals surface area contributed by atoms with Gasteiger partial charge >= 0.3 is 137 Å². The number of aliphatic hydroxyl groups excluding tert-OH is 1. The SMILES string of the molecule is B[PH]1(O)OC[C@H]2O[C@@H](n3cnc4c(N)nc(S)nc43)C(O)[C@H]2O1. The third-order valence-electron chi connectivity index (χ3n) is 3.89. The molecule has 23 heavy (non-hydrogen) atoms. The summed E-state index contributed by atoms with van der Waals surface area (Å²) in [4.78, 5) is 22.2. The number of nitrogen functional groups attached to an aromatic ring is 1. The topological polar surface area (TPSA) is 138 Å². The molecule has 0 bridgehead atoms. The van der Waals surface area contributed by atoms with Crippen LogP contribution in [0.5, 0.6) is 0 Å². The van der Waals surface area contributed by atoms with Crippen molar-refractivity contribution in [3.63, 3.8) is 0 Å². The molecule has 0 spiro atoms. The first-order chi connectivity index (χ1) is 10.9. The van der Waals surface area contributed by atoms with Crippen LogP contribution in [0.25, 0.3) is 11.2 Å². The average molecular weight is 359 g/mol. The average Bonchev–Trinajstić information content (AvgIpc) is 3.00. The number of aliphatic hydroxyl groups is 1. The van der Waals surface area contributed by atoms with Crippen molar-refractivity contribution in [2.75, 3.05) is 12.3 Å². The molecule has 4 atom stereocenters. The van der Waals surface area contributed by atoms with E-state index in [0.717, 1.165) is 0 Å². The minimum atomic E-state index is -3.23. The van der Waals surface area contributed by atoms with E-state index in [-0.39, 0.29) is 17.6 Å². The van der Waals surface area contributed by atoms with Gasteiger partial charge in [-0.05, 0) is 0 Å². The van der Waals surface area contributed by atoms with Crippen molar-refractivity contribution in [2.24, 2.45) is 0 Å². The first-order valence-corrected chi connectivity index (χ1v) is 9.63. The van der Waals surface area contributed by atoms with Crippen LogP contribution in [0.3, 0.4) is 0 Å². The molecule has 124 valence electrons. The Hall–Kier alpha value is -1.01. The van der Waals surface area contributed by atoms with Crippen molar-refractivity contribution >= 4 is 45.0 Å². The third-order valence-corrected chi connectivity index (χ3v) is 5.50. The van der Waals surface area contributed by atoms with Crippen molar-refractivity contribution in [1.29, 1.82) is 0 Å². The number of thiol groups is 1. The fourth-order valence-corrected chi connectivity index (χ4v) is 4.41. The number of fused-ring (bicyclic) bond motifs is 2. The second kappa shape index (κ2) is 5.25. The summed E-state index contributed by atoms with van der Waals surface area (Å²) in [6.07, 6.45) is -1.51. The van der Waals surface area contributed by atoms with Gasteiger partial charge in [-0.1, -0.05) is 0 Å². The summed E-state index contributed by atoms with van der Waals surface area (Å²) in [5.41, 5.74) is 6.60. The molecule has 4 N–H and O–H groups in total. The standard InChI is InChI=1S/C10H15BN5O5PS/c11-22(18)19-1-3-6(21-22)5(17)9(20-3)16-2-13-4-7(12)14-10(23)15-8(4)16/h2-3,5-6,9,17-18,22H,1,11H2,(H3,12,14,15,23)/t3-,5?,6+,9-/m1/s1. The molecule has 2 saturated heterocycles. The molecular weight excluding hydrogens is 344 g/mol. The molecule has 2 aliphatic heterocycles. The van der Waals surface area contributed by atoms with Gasteiger partial charge in [-0.15, -0.1) is 0 Å². The van der Waals surface area contributed by atoms with Gasteiger partial charge in [0.1, 0.15) is 0 Å². The van der Waals surface area contributed by atoms with E-state index >= 15 is 0 Å². The van der Waals surface area contributed by atoms with E-state index in [2.05, 4.69) is 27.6 Å². The van der Waals surface area contributed by atoms with E-state index in [4.69, 9.17) is 19.5 Å². The molecule has 1 unspecified atom stereocenters. The Balaban J connectivity index is 1.72. The summed E-state index contributed by atoms with van der Waals surface area (Å²) in [7, 11) is -1.73. The van der Waals surface area contributed by atoms with Crippen LogP contribution >= 0.6 is 20.5 Å². The van der Waals surface area contributed by atoms with Gasteiger partial charge < -0.3 is 0 Å². The number of hydrogen-bond donors (Lipinski definition) is 4. The van der Waals surface area contributed by atoms with Gasteiger partial charge in [0.25, 0.3) is 0 Å². The number of anilines is 1. The summed E-state index contributed by atoms with van der Waals surface area (Å²) in [5, 5.41) is 10.7. The molecular formula is C10H15BN5O5PS. The molecule has 2 aromatic rings. The fraction of sp³-hybridized carbons (Fsp3) is 0.500. The predicted octanol–water partition coefficient (Wildman–Crippen LogP) is -1.59. The second-order valence-corrected chi connectivity index (χ2v) is 8.30. The number of hydrogen-bond acceptors (Lipinski definition) is 10. The Bertz CT molecular complexity index is 777. The molecule has 13 heteroatoms. The predicted molar refractivity (Wildman–Crippen MR) is 86.8 cm³/mol. The molecule has 2 aliphatic rings. The van der Waals surface area contributed by atoms with Crippen molar-refractivity contribution < 1.29 is 23.8 Å². The summed E-state index contributed by atoms with van der Waals surface area (Å²) < 4.78 is 18.1. The molecule has 4 heterocycles. The Kier molecular flexibility index (Phi) is 3.54. The maximum atomic E-state index is 10.5. The van der Waals surface area contributed by atoms with Gasteiger partial charge in [0.05, 0.1) is 0 Å². The quantitative estimate of drug-likeness (QED) is 0.205. The Morgan fingerprint density at radius 2 is 2.26 bits per heavy atom. The first kappa shape index (κ1) is 15.5. The number of rotatable bonds is 1. The van der Waals surface area contributed by atoms with Crippen LogP contribution in [-0.2, 0) is 13.8 Å². The second-order valence-electron chi connectivity index (χ2n) is 5.58. The van der Waals surface area contributed by atoms with Gasteiger partial charge in [0, 0.05) is 0 Å². The van der Waals surface area contributed by atoms with Crippen LogP contribution in [0.1, 0.15) is 6.23 Å². The molecule has 0 saturated carbocycles. The zero-order chi connectivity index (χ0) is 16.4. The zero-order valence-corrected chi connectivity index (χ0v) is 13.9. The summed E-state index contributed by atoms with van der Waals surface area (Å²) in [6, 6.07) is 0. The monoisotopic (exact) mass is 359 g/mol. The van der Waals surface area contributed by atoms with Crippen molar-refractivity contribution in [3.8, 4) is 0 Å². The molecule has 0 radical (unpaired) electrons. The molecule has 0 aromatic carbocycles. The van der Waals surface area contributed by atoms with E-state index in [1.807, 2.05) is 0 Å². The number of ether oxygens (including phenoxy) is 1. The zero-order valence-electron chi connectivity index (χ0n) is 12.0. The van der Waals surface area contributed by atoms with Gasteiger partial charge in [0.15, 0.2) is 0 Å². The number of imidazole rings is 1. The summed E-state index contributed by atoms with van der Waals surface area (Å²) >= 11 is 4.10. The van der Waals surface area contributed by atoms with Gasteiger partial charge in [0.2, 0.25) is 0 Å². The maximum absolute atomic E-state index is 10.5. The third kappa shape index (κ3) is 2.50. The minimum absolute atomic E-state index is 0.152. The number of nitrogens with two attached hydrogens (primary N) is 1. The molecule has 0 amide bonds. The van der Waals surface area contributed by atoms with Crippen LogP contribution in [0.4, 0.5) is 5.82 Å². The van der Waals surface area contributed by atoms with Crippen LogP contribution < -0.4 is 5.73 Å². The van der Waals surface area contributed by atoms with Crippen LogP contribution in [0.15, 0.2) is 11.5 Å². The van der Waals surface area contributed by atoms with Gasteiger partial charge in [-0.2, -0.15) is 0 Å². The number of nitrogens with zero attached hydrogens (tertiary/aromatic N) is 4. The number of aromatic nitrogens is 4. The molecule has 10 nitrogen and oxygen atoms in total. The van der Waals surface area contributed by atoms with E-state index in [9.17, 15) is 10.00 Å². The first-order valence-electron chi connectivity index (χ1n) is 6.92. The molecule has 2 aromatic heterocycles. The summed E-state index contributed by atoms with van der Waals surface area (Å²) in [6.45, 7) is 0.152. The van der Waals surface area contributed by atoms with Crippen molar-refractivity contribution in [1.82, 2.24) is 19.5 Å². The Labute approximate surface area is 137 Å². The van der Waals surface area contributed by atoms with Crippen LogP contribution in [0, 0.1) is 0 Å². The fourth-order valence-electron chi connectivity index (χ4n) is 2.86.